The number of benzene rings is 1. The van der Waals surface area contributed by atoms with Gasteiger partial charge in [0, 0.05) is 16.9 Å². The smallest absolute Gasteiger partial charge is 0.230 e. The van der Waals surface area contributed by atoms with Crippen molar-refractivity contribution in [1.29, 1.82) is 0 Å². The highest BCUT2D eigenvalue weighted by Gasteiger charge is 2.35. The second kappa shape index (κ2) is 7.16. The first kappa shape index (κ1) is 17.9. The monoisotopic (exact) mass is 359 g/mol. The van der Waals surface area contributed by atoms with Gasteiger partial charge in [-0.05, 0) is 49.1 Å². The minimum absolute atomic E-state index is 0.0279. The largest absolute Gasteiger partial charge is 0.497 e. The van der Waals surface area contributed by atoms with Crippen molar-refractivity contribution < 1.29 is 13.9 Å². The lowest BCUT2D eigenvalue weighted by molar-refractivity contribution is -0.119. The minimum Gasteiger partial charge on any atom is -0.497 e. The summed E-state index contributed by atoms with van der Waals surface area (Å²) < 4.78 is 11.0. The van der Waals surface area contributed by atoms with E-state index in [4.69, 9.17) is 9.15 Å². The lowest BCUT2D eigenvalue weighted by atomic mass is 9.75. The number of carbonyl (C=O) groups is 1. The maximum atomic E-state index is 12.4. The summed E-state index contributed by atoms with van der Waals surface area (Å²) in [4.78, 5) is 13.5. The van der Waals surface area contributed by atoms with Crippen molar-refractivity contribution in [2.75, 3.05) is 12.9 Å². The maximum absolute atomic E-state index is 12.4. The van der Waals surface area contributed by atoms with Crippen LogP contribution in [0, 0.1) is 12.3 Å². The number of amides is 1. The molecule has 134 valence electrons. The van der Waals surface area contributed by atoms with Crippen LogP contribution in [0.25, 0.3) is 0 Å². The van der Waals surface area contributed by atoms with Gasteiger partial charge < -0.3 is 14.5 Å². The number of ether oxygens (including phenoxy) is 1. The number of rotatable bonds is 5. The number of hydrogen-bond acceptors (Lipinski definition) is 4. The summed E-state index contributed by atoms with van der Waals surface area (Å²) in [6.07, 6.45) is 1.85. The third-order valence-electron chi connectivity index (χ3n) is 4.50. The van der Waals surface area contributed by atoms with Gasteiger partial charge in [-0.1, -0.05) is 13.8 Å². The van der Waals surface area contributed by atoms with E-state index in [1.54, 1.807) is 7.11 Å². The van der Waals surface area contributed by atoms with Crippen LogP contribution in [0.3, 0.4) is 0 Å². The van der Waals surface area contributed by atoms with Crippen molar-refractivity contribution in [1.82, 2.24) is 5.32 Å². The zero-order chi connectivity index (χ0) is 18.0. The van der Waals surface area contributed by atoms with Gasteiger partial charge in [0.25, 0.3) is 0 Å². The third kappa shape index (κ3) is 4.40. The summed E-state index contributed by atoms with van der Waals surface area (Å²) in [6.45, 7) is 6.40. The van der Waals surface area contributed by atoms with Crippen LogP contribution in [0.4, 0.5) is 0 Å². The average Bonchev–Trinajstić information content (AvgIpc) is 2.92. The molecule has 0 saturated heterocycles. The normalized spacial score (nSPS) is 18.5. The first-order chi connectivity index (χ1) is 11.9. The molecule has 1 atom stereocenters. The fourth-order valence-electron chi connectivity index (χ4n) is 3.37. The summed E-state index contributed by atoms with van der Waals surface area (Å²) in [5.41, 5.74) is 1.26. The molecular formula is C20H25NO3S. The van der Waals surface area contributed by atoms with Crippen molar-refractivity contribution in [3.8, 4) is 5.75 Å². The molecule has 2 aromatic rings. The molecule has 0 saturated carbocycles. The molecule has 0 bridgehead atoms. The van der Waals surface area contributed by atoms with Gasteiger partial charge in [-0.3, -0.25) is 4.79 Å². The van der Waals surface area contributed by atoms with Gasteiger partial charge in [0.15, 0.2) is 0 Å². The van der Waals surface area contributed by atoms with E-state index in [0.717, 1.165) is 40.6 Å². The number of hydrogen-bond donors (Lipinski definition) is 1. The number of methoxy groups -OCH3 is 1. The predicted octanol–water partition coefficient (Wildman–Crippen LogP) is 4.52. The standard InChI is InChI=1S/C20H25NO3S/c1-13-9-16-17(10-20(2,3)11-18(16)24-13)21-19(22)12-25-15-7-5-14(23-4)6-8-15/h5-9,17H,10-12H2,1-4H3,(H,21,22). The molecule has 4 nitrogen and oxygen atoms in total. The Morgan fingerprint density at radius 3 is 2.76 bits per heavy atom. The molecule has 0 fully saturated rings. The molecule has 0 aliphatic heterocycles. The Kier molecular flexibility index (Phi) is 5.13. The number of nitrogens with one attached hydrogen (secondary N) is 1. The van der Waals surface area contributed by atoms with Crippen LogP contribution in [0.5, 0.6) is 5.75 Å². The molecule has 1 aromatic heterocycles. The van der Waals surface area contributed by atoms with Crippen LogP contribution in [0.1, 0.15) is 43.4 Å². The fourth-order valence-corrected chi connectivity index (χ4v) is 4.08. The molecule has 1 aliphatic carbocycles. The Balaban J connectivity index is 1.62. The van der Waals surface area contributed by atoms with E-state index in [1.165, 1.54) is 11.8 Å². The van der Waals surface area contributed by atoms with Gasteiger partial charge in [0.05, 0.1) is 18.9 Å². The molecule has 0 spiro atoms. The second-order valence-corrected chi connectivity index (χ2v) is 8.41. The first-order valence-electron chi connectivity index (χ1n) is 8.52. The summed E-state index contributed by atoms with van der Waals surface area (Å²) in [6, 6.07) is 9.84. The lowest BCUT2D eigenvalue weighted by Gasteiger charge is -2.34. The highest BCUT2D eigenvalue weighted by atomic mass is 32.2. The Hall–Kier alpha value is -1.88. The predicted molar refractivity (Wildman–Crippen MR) is 100 cm³/mol. The molecule has 25 heavy (non-hydrogen) atoms. The van der Waals surface area contributed by atoms with Gasteiger partial charge in [0.2, 0.25) is 5.91 Å². The lowest BCUT2D eigenvalue weighted by Crippen LogP contribution is -2.36. The molecule has 5 heteroatoms. The van der Waals surface area contributed by atoms with E-state index in [9.17, 15) is 4.79 Å². The third-order valence-corrected chi connectivity index (χ3v) is 5.51. The molecule has 0 radical (unpaired) electrons. The van der Waals surface area contributed by atoms with Crippen LogP contribution in [-0.4, -0.2) is 18.8 Å². The summed E-state index contributed by atoms with van der Waals surface area (Å²) in [7, 11) is 1.65. The van der Waals surface area contributed by atoms with Crippen LogP contribution in [0.2, 0.25) is 0 Å². The second-order valence-electron chi connectivity index (χ2n) is 7.36. The highest BCUT2D eigenvalue weighted by Crippen LogP contribution is 2.42. The fraction of sp³-hybridized carbons (Fsp3) is 0.450. The van der Waals surface area contributed by atoms with Crippen molar-refractivity contribution in [3.63, 3.8) is 0 Å². The van der Waals surface area contributed by atoms with Crippen molar-refractivity contribution >= 4 is 17.7 Å². The van der Waals surface area contributed by atoms with Crippen LogP contribution in [0.15, 0.2) is 39.6 Å². The number of aryl methyl sites for hydroxylation is 1. The summed E-state index contributed by atoms with van der Waals surface area (Å²) in [5.74, 6) is 3.20. The van der Waals surface area contributed by atoms with E-state index < -0.39 is 0 Å². The number of furan rings is 1. The van der Waals surface area contributed by atoms with Crippen molar-refractivity contribution in [2.24, 2.45) is 5.41 Å². The van der Waals surface area contributed by atoms with Gasteiger partial charge in [-0.25, -0.2) is 0 Å². The van der Waals surface area contributed by atoms with Crippen LogP contribution >= 0.6 is 11.8 Å². The zero-order valence-electron chi connectivity index (χ0n) is 15.2. The van der Waals surface area contributed by atoms with E-state index in [-0.39, 0.29) is 17.4 Å². The van der Waals surface area contributed by atoms with Crippen LogP contribution in [-0.2, 0) is 11.2 Å². The van der Waals surface area contributed by atoms with E-state index in [2.05, 4.69) is 25.2 Å². The summed E-state index contributed by atoms with van der Waals surface area (Å²) in [5, 5.41) is 3.19. The topological polar surface area (TPSA) is 51.5 Å². The van der Waals surface area contributed by atoms with E-state index >= 15 is 0 Å². The Bertz CT molecular complexity index is 749. The molecule has 1 aromatic carbocycles. The Morgan fingerprint density at radius 1 is 1.36 bits per heavy atom. The molecule has 1 N–H and O–H groups in total. The Morgan fingerprint density at radius 2 is 2.08 bits per heavy atom. The molecule has 1 heterocycles. The van der Waals surface area contributed by atoms with Gasteiger partial charge >= 0.3 is 0 Å². The average molecular weight is 359 g/mol. The summed E-state index contributed by atoms with van der Waals surface area (Å²) >= 11 is 1.53. The van der Waals surface area contributed by atoms with Gasteiger partial charge in [-0.15, -0.1) is 11.8 Å². The van der Waals surface area contributed by atoms with Crippen molar-refractivity contribution in [3.05, 3.63) is 47.4 Å². The number of carbonyl (C=O) groups excluding carboxylic acids is 1. The number of fused-ring (bicyclic) bond motifs is 1. The molecule has 3 rings (SSSR count). The highest BCUT2D eigenvalue weighted by molar-refractivity contribution is 8.00. The van der Waals surface area contributed by atoms with Gasteiger partial charge in [-0.2, -0.15) is 0 Å². The SMILES string of the molecule is COc1ccc(SCC(=O)NC2CC(C)(C)Cc3oc(C)cc32)cc1. The van der Waals surface area contributed by atoms with Gasteiger partial charge in [0.1, 0.15) is 17.3 Å². The van der Waals surface area contributed by atoms with E-state index in [1.807, 2.05) is 31.2 Å². The molecular weight excluding hydrogens is 334 g/mol. The Labute approximate surface area is 153 Å². The molecule has 1 aliphatic rings. The molecule has 1 amide bonds. The maximum Gasteiger partial charge on any atom is 0.230 e. The number of thioether (sulfide) groups is 1. The minimum atomic E-state index is 0.0279. The van der Waals surface area contributed by atoms with Crippen molar-refractivity contribution in [2.45, 2.75) is 44.6 Å². The quantitative estimate of drug-likeness (QED) is 0.798. The van der Waals surface area contributed by atoms with Crippen LogP contribution < -0.4 is 10.1 Å². The van der Waals surface area contributed by atoms with E-state index in [0.29, 0.717) is 5.75 Å². The first-order valence-corrected chi connectivity index (χ1v) is 9.50. The zero-order valence-corrected chi connectivity index (χ0v) is 16.0. The molecule has 1 unspecified atom stereocenters.